The lowest BCUT2D eigenvalue weighted by Crippen LogP contribution is -2.13. The molecule has 0 fully saturated rings. The lowest BCUT2D eigenvalue weighted by molar-refractivity contribution is 0.299. The zero-order valence-corrected chi connectivity index (χ0v) is 12.8. The number of rotatable bonds is 8. The standard InChI is InChI=1S/C18H22FNO2/c1-21-17-5-2-6-18(12-17)22-11-3-4-15(13-20)14-7-9-16(19)10-8-14/h2,5-10,12,15H,3-4,11,13,20H2,1H3. The molecule has 2 aromatic carbocycles. The van der Waals surface area contributed by atoms with E-state index in [1.807, 2.05) is 24.3 Å². The highest BCUT2D eigenvalue weighted by Gasteiger charge is 2.09. The fourth-order valence-corrected chi connectivity index (χ4v) is 2.37. The maximum Gasteiger partial charge on any atom is 0.123 e. The summed E-state index contributed by atoms with van der Waals surface area (Å²) in [7, 11) is 1.63. The number of hydrogen-bond acceptors (Lipinski definition) is 3. The van der Waals surface area contributed by atoms with Gasteiger partial charge in [-0.1, -0.05) is 18.2 Å². The molecule has 0 radical (unpaired) electrons. The van der Waals surface area contributed by atoms with Crippen LogP contribution in [-0.4, -0.2) is 20.3 Å². The maximum atomic E-state index is 12.9. The van der Waals surface area contributed by atoms with Gasteiger partial charge in [0.05, 0.1) is 13.7 Å². The van der Waals surface area contributed by atoms with Crippen LogP contribution in [0.2, 0.25) is 0 Å². The Hall–Kier alpha value is -2.07. The molecule has 2 aromatic rings. The molecular formula is C18H22FNO2. The van der Waals surface area contributed by atoms with Gasteiger partial charge in [0.25, 0.3) is 0 Å². The molecule has 4 heteroatoms. The summed E-state index contributed by atoms with van der Waals surface area (Å²) in [5.41, 5.74) is 6.90. The van der Waals surface area contributed by atoms with Crippen molar-refractivity contribution in [2.45, 2.75) is 18.8 Å². The number of methoxy groups -OCH3 is 1. The van der Waals surface area contributed by atoms with Gasteiger partial charge in [-0.2, -0.15) is 0 Å². The van der Waals surface area contributed by atoms with Crippen LogP contribution >= 0.6 is 0 Å². The van der Waals surface area contributed by atoms with Crippen LogP contribution < -0.4 is 15.2 Å². The Balaban J connectivity index is 1.80. The molecule has 2 rings (SSSR count). The molecule has 0 amide bonds. The first-order valence-electron chi connectivity index (χ1n) is 7.45. The van der Waals surface area contributed by atoms with Gasteiger partial charge >= 0.3 is 0 Å². The molecule has 0 bridgehead atoms. The molecule has 0 saturated heterocycles. The van der Waals surface area contributed by atoms with Gasteiger partial charge in [0.2, 0.25) is 0 Å². The molecule has 0 aliphatic heterocycles. The summed E-state index contributed by atoms with van der Waals surface area (Å²) in [5.74, 6) is 1.59. The zero-order valence-electron chi connectivity index (χ0n) is 12.8. The third-order valence-corrected chi connectivity index (χ3v) is 3.63. The van der Waals surface area contributed by atoms with Crippen molar-refractivity contribution in [2.24, 2.45) is 5.73 Å². The fourth-order valence-electron chi connectivity index (χ4n) is 2.37. The highest BCUT2D eigenvalue weighted by atomic mass is 19.1. The van der Waals surface area contributed by atoms with E-state index in [1.54, 1.807) is 19.2 Å². The SMILES string of the molecule is COc1cccc(OCCCC(CN)c2ccc(F)cc2)c1. The van der Waals surface area contributed by atoms with Gasteiger partial charge in [0.1, 0.15) is 17.3 Å². The van der Waals surface area contributed by atoms with Gasteiger partial charge < -0.3 is 15.2 Å². The topological polar surface area (TPSA) is 44.5 Å². The molecule has 0 aliphatic carbocycles. The number of benzene rings is 2. The monoisotopic (exact) mass is 303 g/mol. The average molecular weight is 303 g/mol. The van der Waals surface area contributed by atoms with Crippen molar-refractivity contribution >= 4 is 0 Å². The largest absolute Gasteiger partial charge is 0.497 e. The third-order valence-electron chi connectivity index (χ3n) is 3.63. The van der Waals surface area contributed by atoms with Crippen molar-refractivity contribution in [3.8, 4) is 11.5 Å². The second-order valence-electron chi connectivity index (χ2n) is 5.15. The van der Waals surface area contributed by atoms with Crippen molar-refractivity contribution < 1.29 is 13.9 Å². The Bertz CT molecular complexity index is 572. The molecular weight excluding hydrogens is 281 g/mol. The van der Waals surface area contributed by atoms with Crippen molar-refractivity contribution in [3.05, 3.63) is 59.9 Å². The van der Waals surface area contributed by atoms with Crippen LogP contribution in [0.3, 0.4) is 0 Å². The van der Waals surface area contributed by atoms with E-state index in [2.05, 4.69) is 0 Å². The normalized spacial score (nSPS) is 12.0. The van der Waals surface area contributed by atoms with Gasteiger partial charge in [0.15, 0.2) is 0 Å². The molecule has 1 unspecified atom stereocenters. The third kappa shape index (κ3) is 4.74. The molecule has 1 atom stereocenters. The summed E-state index contributed by atoms with van der Waals surface area (Å²) in [6.45, 7) is 1.16. The quantitative estimate of drug-likeness (QED) is 0.756. The van der Waals surface area contributed by atoms with Crippen molar-refractivity contribution in [2.75, 3.05) is 20.3 Å². The first-order chi connectivity index (χ1) is 10.7. The molecule has 3 nitrogen and oxygen atoms in total. The second-order valence-corrected chi connectivity index (χ2v) is 5.15. The van der Waals surface area contributed by atoms with Crippen LogP contribution in [0, 0.1) is 5.82 Å². The van der Waals surface area contributed by atoms with Gasteiger partial charge in [-0.3, -0.25) is 0 Å². The van der Waals surface area contributed by atoms with Gasteiger partial charge in [0, 0.05) is 6.07 Å². The molecule has 0 aliphatic rings. The van der Waals surface area contributed by atoms with Crippen LogP contribution in [0.1, 0.15) is 24.3 Å². The van der Waals surface area contributed by atoms with E-state index in [1.165, 1.54) is 12.1 Å². The molecule has 118 valence electrons. The van der Waals surface area contributed by atoms with E-state index in [4.69, 9.17) is 15.2 Å². The lowest BCUT2D eigenvalue weighted by atomic mass is 9.94. The van der Waals surface area contributed by atoms with Crippen molar-refractivity contribution in [1.82, 2.24) is 0 Å². The maximum absolute atomic E-state index is 12.9. The minimum absolute atomic E-state index is 0.221. The van der Waals surface area contributed by atoms with E-state index in [9.17, 15) is 4.39 Å². The Morgan fingerprint density at radius 2 is 1.82 bits per heavy atom. The van der Waals surface area contributed by atoms with Crippen molar-refractivity contribution in [1.29, 1.82) is 0 Å². The van der Waals surface area contributed by atoms with Crippen molar-refractivity contribution in [3.63, 3.8) is 0 Å². The van der Waals surface area contributed by atoms with E-state index in [0.717, 1.165) is 29.9 Å². The Kier molecular flexibility index (Phi) is 6.22. The summed E-state index contributed by atoms with van der Waals surface area (Å²) >= 11 is 0. The number of halogens is 1. The summed E-state index contributed by atoms with van der Waals surface area (Å²) in [6, 6.07) is 14.1. The van der Waals surface area contributed by atoms with Gasteiger partial charge in [-0.15, -0.1) is 0 Å². The first kappa shape index (κ1) is 16.3. The first-order valence-corrected chi connectivity index (χ1v) is 7.45. The van der Waals surface area contributed by atoms with Crippen LogP contribution in [-0.2, 0) is 0 Å². The zero-order chi connectivity index (χ0) is 15.8. The highest BCUT2D eigenvalue weighted by molar-refractivity contribution is 5.32. The van der Waals surface area contributed by atoms with E-state index in [-0.39, 0.29) is 11.7 Å². The number of hydrogen-bond donors (Lipinski definition) is 1. The molecule has 2 N–H and O–H groups in total. The van der Waals surface area contributed by atoms with Gasteiger partial charge in [-0.05, 0) is 55.1 Å². The molecule has 22 heavy (non-hydrogen) atoms. The Morgan fingerprint density at radius 3 is 2.50 bits per heavy atom. The fraction of sp³-hybridized carbons (Fsp3) is 0.333. The molecule has 0 saturated carbocycles. The summed E-state index contributed by atoms with van der Waals surface area (Å²) in [5, 5.41) is 0. The molecule has 0 spiro atoms. The van der Waals surface area contributed by atoms with Crippen LogP contribution in [0.4, 0.5) is 4.39 Å². The number of nitrogens with two attached hydrogens (primary N) is 1. The second kappa shape index (κ2) is 8.39. The predicted octanol–water partition coefficient (Wildman–Crippen LogP) is 3.74. The lowest BCUT2D eigenvalue weighted by Gasteiger charge is -2.15. The number of ether oxygens (including phenoxy) is 2. The van der Waals surface area contributed by atoms with Crippen LogP contribution in [0.25, 0.3) is 0 Å². The Morgan fingerprint density at radius 1 is 1.09 bits per heavy atom. The van der Waals surface area contributed by atoms with E-state index >= 15 is 0 Å². The molecule has 0 heterocycles. The van der Waals surface area contributed by atoms with Crippen LogP contribution in [0.15, 0.2) is 48.5 Å². The predicted molar refractivity (Wildman–Crippen MR) is 85.9 cm³/mol. The average Bonchev–Trinajstić information content (AvgIpc) is 2.56. The minimum atomic E-state index is -0.221. The summed E-state index contributed by atoms with van der Waals surface area (Å²) in [4.78, 5) is 0. The highest BCUT2D eigenvalue weighted by Crippen LogP contribution is 2.22. The Labute approximate surface area is 130 Å². The summed E-state index contributed by atoms with van der Waals surface area (Å²) in [6.07, 6.45) is 1.79. The smallest absolute Gasteiger partial charge is 0.123 e. The van der Waals surface area contributed by atoms with Crippen LogP contribution in [0.5, 0.6) is 11.5 Å². The van der Waals surface area contributed by atoms with E-state index < -0.39 is 0 Å². The van der Waals surface area contributed by atoms with Gasteiger partial charge in [-0.25, -0.2) is 4.39 Å². The molecule has 0 aromatic heterocycles. The van der Waals surface area contributed by atoms with E-state index in [0.29, 0.717) is 13.2 Å². The summed E-state index contributed by atoms with van der Waals surface area (Å²) < 4.78 is 23.8. The minimum Gasteiger partial charge on any atom is -0.497 e.